The van der Waals surface area contributed by atoms with Crippen LogP contribution in [-0.4, -0.2) is 156 Å². The van der Waals surface area contributed by atoms with Crippen molar-refractivity contribution in [2.24, 2.45) is 18.1 Å². The number of nitrogens with one attached hydrogen (secondary N) is 2. The first-order valence-electron chi connectivity index (χ1n) is 21.1. The molecule has 0 spiro atoms. The van der Waals surface area contributed by atoms with Gasteiger partial charge in [0.2, 0.25) is 11.7 Å². The van der Waals surface area contributed by atoms with Gasteiger partial charge in [0.25, 0.3) is 24.9 Å². The molecule has 4 unspecified atom stereocenters. The van der Waals surface area contributed by atoms with E-state index < -0.39 is 148 Å². The molecule has 3 aliphatic rings. The average molecular weight is 1150 g/mol. The number of aromatic nitrogens is 10. The normalized spacial score (nSPS) is 30.2. The predicted octanol–water partition coefficient (Wildman–Crippen LogP) is -3.94. The highest BCUT2D eigenvalue weighted by atomic mass is 31.3. The fraction of sp³-hybridized carbons (Fsp3) is 0.562. The minimum absolute atomic E-state index is 0.0169. The van der Waals surface area contributed by atoms with Crippen molar-refractivity contribution in [3.8, 4) is 0 Å². The molecular weight excluding hydrogens is 1100 g/mol. The molecule has 8 rings (SSSR count). The summed E-state index contributed by atoms with van der Waals surface area (Å²) in [7, 11) is -21.3. The summed E-state index contributed by atoms with van der Waals surface area (Å²) in [5.41, 5.74) is 18.0. The van der Waals surface area contributed by atoms with Crippen molar-refractivity contribution in [1.29, 1.82) is 0 Å². The number of rotatable bonds is 21. The third kappa shape index (κ3) is 12.0. The van der Waals surface area contributed by atoms with Gasteiger partial charge in [0, 0.05) is 36.7 Å². The van der Waals surface area contributed by atoms with Gasteiger partial charge < -0.3 is 74.4 Å². The number of methoxy groups -OCH3 is 1. The Balaban J connectivity index is 0.944. The summed E-state index contributed by atoms with van der Waals surface area (Å²) in [5, 5.41) is 35.9. The molecule has 0 bridgehead atoms. The van der Waals surface area contributed by atoms with Crippen molar-refractivity contribution in [3.05, 3.63) is 72.9 Å². The van der Waals surface area contributed by atoms with Crippen molar-refractivity contribution in [2.45, 2.75) is 67.5 Å². The summed E-state index contributed by atoms with van der Waals surface area (Å²) < 4.78 is 108. The van der Waals surface area contributed by atoms with E-state index in [1.165, 1.54) is 22.5 Å². The molecule has 3 aliphatic heterocycles. The van der Waals surface area contributed by atoms with Gasteiger partial charge in [-0.05, 0) is 5.53 Å². The summed E-state index contributed by atoms with van der Waals surface area (Å²) >= 11 is 0. The van der Waals surface area contributed by atoms with Crippen molar-refractivity contribution in [2.75, 3.05) is 44.9 Å². The topological polar surface area (TPSA) is 559 Å². The fourth-order valence-corrected chi connectivity index (χ4v) is 12.7. The summed E-state index contributed by atoms with van der Waals surface area (Å²) in [6.07, 6.45) is -14.2. The number of aliphatic hydroxyl groups excluding tert-OH is 3. The Morgan fingerprint density at radius 3 is 2.20 bits per heavy atom. The predicted molar refractivity (Wildman–Crippen MR) is 237 cm³/mol. The van der Waals surface area contributed by atoms with Crippen LogP contribution in [-0.2, 0) is 71.0 Å². The number of ether oxygens (including phenoxy) is 4. The van der Waals surface area contributed by atoms with Gasteiger partial charge in [-0.1, -0.05) is 10.1 Å². The number of hydrogen-bond donors (Lipinski definition) is 10. The van der Waals surface area contributed by atoms with E-state index in [1.54, 1.807) is 0 Å². The van der Waals surface area contributed by atoms with Gasteiger partial charge in [-0.15, -0.1) is 0 Å². The van der Waals surface area contributed by atoms with Crippen LogP contribution in [0.25, 0.3) is 32.8 Å². The van der Waals surface area contributed by atoms with Crippen molar-refractivity contribution in [3.63, 3.8) is 0 Å². The van der Waals surface area contributed by atoms with Crippen LogP contribution in [0, 0.1) is 5.92 Å². The smallest absolute Gasteiger partial charge is 0.490 e. The van der Waals surface area contributed by atoms with Crippen LogP contribution >= 0.6 is 31.3 Å². The van der Waals surface area contributed by atoms with Crippen molar-refractivity contribution >= 4 is 65.4 Å². The van der Waals surface area contributed by atoms with Gasteiger partial charge in [0.15, 0.2) is 30.2 Å². The Bertz CT molecular complexity index is 3390. The van der Waals surface area contributed by atoms with Crippen molar-refractivity contribution in [1.82, 2.24) is 43.6 Å². The number of hydrogen-bond acceptors (Lipinski definition) is 28. The molecule has 0 radical (unpaired) electrons. The molecule has 3 fully saturated rings. The van der Waals surface area contributed by atoms with Crippen LogP contribution in [0.1, 0.15) is 18.7 Å². The van der Waals surface area contributed by atoms with Gasteiger partial charge >= 0.3 is 34.8 Å². The molecule has 5 aromatic rings. The molecule has 8 heterocycles. The summed E-state index contributed by atoms with van der Waals surface area (Å²) in [4.78, 5) is 104. The first kappa shape index (κ1) is 55.9. The largest absolute Gasteiger partial charge is 0.756 e. The number of aryl methyl sites for hydroxylation is 1. The number of aromatic amines is 2. The molecule has 0 aliphatic carbocycles. The number of aliphatic hydroxyl groups is 3. The summed E-state index contributed by atoms with van der Waals surface area (Å²) in [6, 6.07) is 0.909. The standard InChI is InChI=1S/C32H43N15O24P4/c1-44-11-47(26-18(44)27(52)42-31(34)41-26)28-19(49)12(5-39-43-35)13(66-28)6-64-73(56,57)70-75(60,61)71-74(58,59)65-8-15-22(23(62-2)30(68-15)46-10-38-17-24(33)36-9-37-25(17)46)69-72(54,55)63-7-14-20(50)21(51)29(67-14)45-4-3-16(48)40-32(45)53/h3-4,9-15,19-23,28-30,49-51H,5-8H2,1-2H3,(H9-,33,34,36,37,40,41,42,48,52,53,54,55,56,57,58,59,60,61)/t12-,13-,14-,15-,19-,20-,21-,22-,23-,28-,29-,30-/m1/s1. The lowest BCUT2D eigenvalue weighted by Gasteiger charge is -2.31. The number of phosphoric acid groups is 4. The second-order valence-corrected chi connectivity index (χ2v) is 22.3. The SMILES string of the molecule is CO[C@@H]1[C@H](OP(=O)([O-])OC[C@H]2O[C@@H](n3ccc(=O)[nH]c3=O)[C@H](O)[C@@H]2O)[C@@H](COP(=O)(O)OP(=O)(O)OP(=O)(O)OC[C@H]2O[C@@H]([n+]3cn(C)c4c(=O)[nH]c(N)nc43)[C@H](O)[C@@H]2CN=[N+]=[N-])O[C@H]1n1cnc2c(N)ncnc21. The summed E-state index contributed by atoms with van der Waals surface area (Å²) in [6.45, 7) is -3.98. The van der Waals surface area contributed by atoms with E-state index >= 15 is 0 Å². The first-order chi connectivity index (χ1) is 35.2. The highest BCUT2D eigenvalue weighted by Crippen LogP contribution is 2.68. The highest BCUT2D eigenvalue weighted by molar-refractivity contribution is 7.66. The molecule has 5 aromatic heterocycles. The second kappa shape index (κ2) is 21.6. The van der Waals surface area contributed by atoms with E-state index in [0.29, 0.717) is 4.57 Å². The number of H-pyrrole nitrogens is 2. The number of nitrogen functional groups attached to an aromatic ring is 2. The zero-order chi connectivity index (χ0) is 54.5. The second-order valence-electron chi connectivity index (χ2n) is 16.3. The molecule has 410 valence electrons. The van der Waals surface area contributed by atoms with Gasteiger partial charge in [0.05, 0.1) is 39.3 Å². The maximum Gasteiger partial charge on any atom is 0.490 e. The molecule has 0 saturated carbocycles. The minimum atomic E-state index is -6.23. The van der Waals surface area contributed by atoms with Crippen LogP contribution in [0.3, 0.4) is 0 Å². The maximum absolute atomic E-state index is 13.5. The molecular formula is C32H43N15O24P4. The molecule has 12 N–H and O–H groups in total. The van der Waals surface area contributed by atoms with Crippen LogP contribution in [0.4, 0.5) is 11.8 Å². The van der Waals surface area contributed by atoms with Crippen LogP contribution in [0.15, 0.2) is 50.7 Å². The molecule has 0 amide bonds. The number of azide groups is 1. The Morgan fingerprint density at radius 1 is 0.867 bits per heavy atom. The van der Waals surface area contributed by atoms with E-state index in [-0.39, 0.29) is 34.1 Å². The number of phosphoric ester groups is 3. The van der Waals surface area contributed by atoms with E-state index in [2.05, 4.69) is 43.6 Å². The van der Waals surface area contributed by atoms with Crippen LogP contribution in [0.5, 0.6) is 0 Å². The monoisotopic (exact) mass is 1150 g/mol. The zero-order valence-corrected chi connectivity index (χ0v) is 41.6. The third-order valence-electron chi connectivity index (χ3n) is 11.5. The Labute approximate surface area is 415 Å². The number of nitrogens with zero attached hydrogens (tertiary/aromatic N) is 11. The first-order valence-corrected chi connectivity index (χ1v) is 27.1. The Morgan fingerprint density at radius 2 is 1.53 bits per heavy atom. The molecule has 3 saturated heterocycles. The third-order valence-corrected chi connectivity index (χ3v) is 16.7. The number of imidazole rings is 2. The summed E-state index contributed by atoms with van der Waals surface area (Å²) in [5.74, 6) is -1.65. The van der Waals surface area contributed by atoms with E-state index in [1.807, 2.05) is 4.98 Å². The fourth-order valence-electron chi connectivity index (χ4n) is 8.22. The van der Waals surface area contributed by atoms with Crippen LogP contribution in [0.2, 0.25) is 0 Å². The lowest BCUT2D eigenvalue weighted by molar-refractivity contribution is -0.745. The highest BCUT2D eigenvalue weighted by Gasteiger charge is 2.53. The van der Waals surface area contributed by atoms with E-state index in [9.17, 15) is 67.5 Å². The van der Waals surface area contributed by atoms with Crippen LogP contribution < -0.4 is 37.7 Å². The molecule has 16 atom stereocenters. The van der Waals surface area contributed by atoms with E-state index in [4.69, 9.17) is 54.0 Å². The van der Waals surface area contributed by atoms with Gasteiger partial charge in [-0.3, -0.25) is 46.9 Å². The maximum atomic E-state index is 13.5. The quantitative estimate of drug-likeness (QED) is 0.0110. The van der Waals surface area contributed by atoms with E-state index in [0.717, 1.165) is 36.6 Å². The lowest BCUT2D eigenvalue weighted by Crippen LogP contribution is -2.45. The molecule has 43 heteroatoms. The van der Waals surface area contributed by atoms with Gasteiger partial charge in [-0.2, -0.15) is 8.62 Å². The molecule has 39 nitrogen and oxygen atoms in total. The number of fused-ring (bicyclic) bond motifs is 2. The zero-order valence-electron chi connectivity index (χ0n) is 38.0. The number of nitrogens with two attached hydrogens (primary N) is 2. The van der Waals surface area contributed by atoms with Gasteiger partial charge in [0.1, 0.15) is 54.6 Å². The molecule has 0 aromatic carbocycles. The minimum Gasteiger partial charge on any atom is -0.756 e. The Hall–Kier alpha value is -5.27. The lowest BCUT2D eigenvalue weighted by atomic mass is 9.98. The molecule has 75 heavy (non-hydrogen) atoms. The van der Waals surface area contributed by atoms with Crippen molar-refractivity contribution < 1.29 is 103 Å². The van der Waals surface area contributed by atoms with Gasteiger partial charge in [-0.25, -0.2) is 38.0 Å². The number of anilines is 2. The average Bonchev–Trinajstić information content (AvgIpc) is 4.12. The Kier molecular flexibility index (Phi) is 16.1.